The van der Waals surface area contributed by atoms with Crippen molar-refractivity contribution in [3.05, 3.63) is 35.7 Å². The Balaban J connectivity index is 1.79. The highest BCUT2D eigenvalue weighted by atomic mass is 16.5. The zero-order valence-electron chi connectivity index (χ0n) is 12.9. The Bertz CT molecular complexity index is 553. The van der Waals surface area contributed by atoms with E-state index >= 15 is 0 Å². The van der Waals surface area contributed by atoms with E-state index in [0.717, 1.165) is 18.1 Å². The first-order valence-corrected chi connectivity index (χ1v) is 7.30. The van der Waals surface area contributed by atoms with Crippen LogP contribution < -0.4 is 10.1 Å². The molecule has 0 amide bonds. The number of tetrazole rings is 1. The fourth-order valence-corrected chi connectivity index (χ4v) is 1.95. The van der Waals surface area contributed by atoms with Crippen LogP contribution in [0.5, 0.6) is 5.75 Å². The topological polar surface area (TPSA) is 64.9 Å². The molecule has 0 aliphatic rings. The lowest BCUT2D eigenvalue weighted by Crippen LogP contribution is -2.22. The monoisotopic (exact) mass is 289 g/mol. The molecular weight excluding hydrogens is 266 g/mol. The lowest BCUT2D eigenvalue weighted by Gasteiger charge is -2.09. The summed E-state index contributed by atoms with van der Waals surface area (Å²) in [6, 6.07) is 8.01. The summed E-state index contributed by atoms with van der Waals surface area (Å²) in [5.41, 5.74) is 1.19. The lowest BCUT2D eigenvalue weighted by atomic mass is 10.2. The van der Waals surface area contributed by atoms with Crippen molar-refractivity contribution < 1.29 is 4.74 Å². The molecule has 0 aliphatic heterocycles. The first-order chi connectivity index (χ1) is 10.1. The SMILES string of the molecule is Cc1cccc(OCCn2nnnc2CNCC(C)C)c1. The van der Waals surface area contributed by atoms with Crippen LogP contribution in [-0.4, -0.2) is 33.4 Å². The standard InChI is InChI=1S/C15H23N5O/c1-12(2)10-16-11-15-17-18-19-20(15)7-8-21-14-6-4-5-13(3)9-14/h4-6,9,12,16H,7-8,10-11H2,1-3H3. The Hall–Kier alpha value is -1.95. The summed E-state index contributed by atoms with van der Waals surface area (Å²) in [4.78, 5) is 0. The Kier molecular flexibility index (Phi) is 5.68. The highest BCUT2D eigenvalue weighted by Gasteiger charge is 2.06. The second kappa shape index (κ2) is 7.73. The molecule has 0 bridgehead atoms. The second-order valence-corrected chi connectivity index (χ2v) is 5.51. The molecule has 1 N–H and O–H groups in total. The van der Waals surface area contributed by atoms with E-state index in [1.807, 2.05) is 31.2 Å². The summed E-state index contributed by atoms with van der Waals surface area (Å²) in [7, 11) is 0. The van der Waals surface area contributed by atoms with Crippen molar-refractivity contribution in [1.82, 2.24) is 25.5 Å². The molecule has 0 spiro atoms. The molecule has 0 fully saturated rings. The minimum Gasteiger partial charge on any atom is -0.492 e. The minimum absolute atomic E-state index is 0.547. The van der Waals surface area contributed by atoms with Gasteiger partial charge in [0.15, 0.2) is 5.82 Å². The van der Waals surface area contributed by atoms with E-state index in [-0.39, 0.29) is 0 Å². The number of aryl methyl sites for hydroxylation is 1. The predicted molar refractivity (Wildman–Crippen MR) is 81.0 cm³/mol. The molecule has 21 heavy (non-hydrogen) atoms. The summed E-state index contributed by atoms with van der Waals surface area (Å²) in [6.45, 7) is 9.21. The van der Waals surface area contributed by atoms with Gasteiger partial charge in [-0.1, -0.05) is 26.0 Å². The largest absolute Gasteiger partial charge is 0.492 e. The second-order valence-electron chi connectivity index (χ2n) is 5.51. The average molecular weight is 289 g/mol. The molecule has 0 saturated carbocycles. The third-order valence-corrected chi connectivity index (χ3v) is 3.00. The van der Waals surface area contributed by atoms with Gasteiger partial charge in [-0.05, 0) is 47.5 Å². The smallest absolute Gasteiger partial charge is 0.165 e. The number of nitrogens with zero attached hydrogens (tertiary/aromatic N) is 4. The first-order valence-electron chi connectivity index (χ1n) is 7.30. The van der Waals surface area contributed by atoms with Crippen LogP contribution in [0.3, 0.4) is 0 Å². The third kappa shape index (κ3) is 5.15. The minimum atomic E-state index is 0.547. The van der Waals surface area contributed by atoms with Gasteiger partial charge in [-0.2, -0.15) is 0 Å². The van der Waals surface area contributed by atoms with E-state index in [1.165, 1.54) is 5.56 Å². The van der Waals surface area contributed by atoms with Crippen LogP contribution in [0.15, 0.2) is 24.3 Å². The lowest BCUT2D eigenvalue weighted by molar-refractivity contribution is 0.286. The molecule has 0 aliphatic carbocycles. The molecule has 2 rings (SSSR count). The van der Waals surface area contributed by atoms with Crippen LogP contribution in [0, 0.1) is 12.8 Å². The van der Waals surface area contributed by atoms with E-state index < -0.39 is 0 Å². The number of hydrogen-bond acceptors (Lipinski definition) is 5. The molecule has 1 aromatic carbocycles. The maximum atomic E-state index is 5.72. The molecule has 0 saturated heterocycles. The molecule has 0 unspecified atom stereocenters. The summed E-state index contributed by atoms with van der Waals surface area (Å²) in [5, 5.41) is 15.1. The van der Waals surface area contributed by atoms with Gasteiger partial charge in [0.1, 0.15) is 12.4 Å². The number of aromatic nitrogens is 4. The van der Waals surface area contributed by atoms with E-state index in [2.05, 4.69) is 34.7 Å². The Morgan fingerprint density at radius 3 is 2.95 bits per heavy atom. The molecule has 114 valence electrons. The zero-order chi connectivity index (χ0) is 15.1. The van der Waals surface area contributed by atoms with Crippen LogP contribution in [0.2, 0.25) is 0 Å². The van der Waals surface area contributed by atoms with Crippen LogP contribution in [0.25, 0.3) is 0 Å². The fourth-order valence-electron chi connectivity index (χ4n) is 1.95. The van der Waals surface area contributed by atoms with Gasteiger partial charge in [-0.25, -0.2) is 4.68 Å². The van der Waals surface area contributed by atoms with Crippen LogP contribution in [-0.2, 0) is 13.1 Å². The van der Waals surface area contributed by atoms with E-state index in [4.69, 9.17) is 4.74 Å². The van der Waals surface area contributed by atoms with E-state index in [9.17, 15) is 0 Å². The molecular formula is C15H23N5O. The van der Waals surface area contributed by atoms with Gasteiger partial charge in [-0.3, -0.25) is 0 Å². The summed E-state index contributed by atoms with van der Waals surface area (Å²) in [6.07, 6.45) is 0. The number of benzene rings is 1. The summed E-state index contributed by atoms with van der Waals surface area (Å²) in [5.74, 6) is 2.32. The van der Waals surface area contributed by atoms with Crippen LogP contribution in [0.4, 0.5) is 0 Å². The highest BCUT2D eigenvalue weighted by Crippen LogP contribution is 2.12. The summed E-state index contributed by atoms with van der Waals surface area (Å²) < 4.78 is 7.50. The molecule has 1 aromatic heterocycles. The fraction of sp³-hybridized carbons (Fsp3) is 0.533. The Morgan fingerprint density at radius 2 is 2.19 bits per heavy atom. The average Bonchev–Trinajstić information content (AvgIpc) is 2.86. The van der Waals surface area contributed by atoms with E-state index in [0.29, 0.717) is 25.6 Å². The van der Waals surface area contributed by atoms with Crippen molar-refractivity contribution >= 4 is 0 Å². The van der Waals surface area contributed by atoms with Gasteiger partial charge in [0.25, 0.3) is 0 Å². The predicted octanol–water partition coefficient (Wildman–Crippen LogP) is 1.81. The normalized spacial score (nSPS) is 11.0. The number of ether oxygens (including phenoxy) is 1. The quantitative estimate of drug-likeness (QED) is 0.803. The maximum Gasteiger partial charge on any atom is 0.165 e. The zero-order valence-corrected chi connectivity index (χ0v) is 12.9. The van der Waals surface area contributed by atoms with Crippen molar-refractivity contribution in [3.8, 4) is 5.75 Å². The third-order valence-electron chi connectivity index (χ3n) is 3.00. The van der Waals surface area contributed by atoms with Crippen molar-refractivity contribution in [2.75, 3.05) is 13.2 Å². The molecule has 6 nitrogen and oxygen atoms in total. The van der Waals surface area contributed by atoms with Gasteiger partial charge >= 0.3 is 0 Å². The van der Waals surface area contributed by atoms with Crippen molar-refractivity contribution in [2.24, 2.45) is 5.92 Å². The van der Waals surface area contributed by atoms with Gasteiger partial charge in [0.2, 0.25) is 0 Å². The highest BCUT2D eigenvalue weighted by molar-refractivity contribution is 5.27. The first kappa shape index (κ1) is 15.4. The van der Waals surface area contributed by atoms with E-state index in [1.54, 1.807) is 4.68 Å². The van der Waals surface area contributed by atoms with Gasteiger partial charge in [-0.15, -0.1) is 5.10 Å². The van der Waals surface area contributed by atoms with Crippen LogP contribution >= 0.6 is 0 Å². The molecule has 2 aromatic rings. The Labute approximate surface area is 125 Å². The molecule has 1 heterocycles. The molecule has 0 atom stereocenters. The summed E-state index contributed by atoms with van der Waals surface area (Å²) >= 11 is 0. The van der Waals surface area contributed by atoms with Crippen molar-refractivity contribution in [1.29, 1.82) is 0 Å². The van der Waals surface area contributed by atoms with Gasteiger partial charge in [0, 0.05) is 0 Å². The van der Waals surface area contributed by atoms with Crippen LogP contribution in [0.1, 0.15) is 25.2 Å². The number of rotatable bonds is 8. The van der Waals surface area contributed by atoms with Crippen molar-refractivity contribution in [3.63, 3.8) is 0 Å². The van der Waals surface area contributed by atoms with Gasteiger partial charge in [0.05, 0.1) is 13.1 Å². The molecule has 6 heteroatoms. The van der Waals surface area contributed by atoms with Gasteiger partial charge < -0.3 is 10.1 Å². The number of nitrogens with one attached hydrogen (secondary N) is 1. The number of hydrogen-bond donors (Lipinski definition) is 1. The Morgan fingerprint density at radius 1 is 1.33 bits per heavy atom. The molecule has 0 radical (unpaired) electrons. The maximum absolute atomic E-state index is 5.72. The van der Waals surface area contributed by atoms with Crippen molar-refractivity contribution in [2.45, 2.75) is 33.9 Å².